The van der Waals surface area contributed by atoms with Crippen molar-refractivity contribution in [3.63, 3.8) is 0 Å². The monoisotopic (exact) mass is 410 g/mol. The second-order valence-electron chi connectivity index (χ2n) is 6.03. The van der Waals surface area contributed by atoms with E-state index in [1.54, 1.807) is 36.5 Å². The van der Waals surface area contributed by atoms with Gasteiger partial charge in [-0.1, -0.05) is 6.07 Å². The first-order valence-corrected chi connectivity index (χ1v) is 9.39. The third kappa shape index (κ3) is 5.31. The molecule has 2 amide bonds. The van der Waals surface area contributed by atoms with Gasteiger partial charge in [0.2, 0.25) is 0 Å². The van der Waals surface area contributed by atoms with Crippen LogP contribution in [0.2, 0.25) is 0 Å². The molecule has 2 aromatic heterocycles. The Hall–Kier alpha value is -3.95. The Balaban J connectivity index is 1.59. The molecule has 0 saturated heterocycles. The molecule has 0 spiro atoms. The minimum atomic E-state index is -0.809. The van der Waals surface area contributed by atoms with E-state index in [-0.39, 0.29) is 6.54 Å². The standard InChI is InChI=1S/C20H22N6O4/c1-3-29-15-6-7-17(30-4-2)16(9-15)25-20(28)19(27)23-11-14-5-8-18(22-10-14)26-13-21-12-24-26/h5-10,12-13H,3-4,11H2,1-2H3,(H,23,27)(H,25,28). The molecule has 2 heterocycles. The molecule has 0 fully saturated rings. The Morgan fingerprint density at radius 1 is 1.07 bits per heavy atom. The van der Waals surface area contributed by atoms with E-state index >= 15 is 0 Å². The van der Waals surface area contributed by atoms with Crippen molar-refractivity contribution in [1.29, 1.82) is 0 Å². The Labute approximate surface area is 173 Å². The maximum Gasteiger partial charge on any atom is 0.313 e. The smallest absolute Gasteiger partial charge is 0.313 e. The largest absolute Gasteiger partial charge is 0.494 e. The van der Waals surface area contributed by atoms with Gasteiger partial charge in [0, 0.05) is 18.8 Å². The molecule has 0 bridgehead atoms. The van der Waals surface area contributed by atoms with Crippen LogP contribution in [-0.4, -0.2) is 44.8 Å². The van der Waals surface area contributed by atoms with Crippen molar-refractivity contribution in [2.45, 2.75) is 20.4 Å². The lowest BCUT2D eigenvalue weighted by atomic mass is 10.2. The highest BCUT2D eigenvalue weighted by Gasteiger charge is 2.16. The minimum Gasteiger partial charge on any atom is -0.494 e. The second kappa shape index (κ2) is 10.0. The fraction of sp³-hybridized carbons (Fsp3) is 0.250. The number of rotatable bonds is 8. The lowest BCUT2D eigenvalue weighted by molar-refractivity contribution is -0.136. The van der Waals surface area contributed by atoms with Gasteiger partial charge in [0.1, 0.15) is 24.2 Å². The summed E-state index contributed by atoms with van der Waals surface area (Å²) >= 11 is 0. The van der Waals surface area contributed by atoms with Crippen molar-refractivity contribution in [3.05, 3.63) is 54.7 Å². The van der Waals surface area contributed by atoms with Gasteiger partial charge in [-0.05, 0) is 37.6 Å². The van der Waals surface area contributed by atoms with Gasteiger partial charge in [0.15, 0.2) is 5.82 Å². The van der Waals surface area contributed by atoms with Crippen molar-refractivity contribution in [2.75, 3.05) is 18.5 Å². The maximum atomic E-state index is 12.3. The average molecular weight is 410 g/mol. The van der Waals surface area contributed by atoms with Gasteiger partial charge < -0.3 is 20.1 Å². The summed E-state index contributed by atoms with van der Waals surface area (Å²) in [4.78, 5) is 32.6. The summed E-state index contributed by atoms with van der Waals surface area (Å²) in [6.45, 7) is 4.73. The Kier molecular flexibility index (Phi) is 6.93. The third-order valence-electron chi connectivity index (χ3n) is 3.93. The van der Waals surface area contributed by atoms with E-state index < -0.39 is 11.8 Å². The van der Waals surface area contributed by atoms with Crippen molar-refractivity contribution >= 4 is 17.5 Å². The molecule has 0 aliphatic carbocycles. The number of amides is 2. The molecule has 2 N–H and O–H groups in total. The molecule has 0 saturated carbocycles. The summed E-state index contributed by atoms with van der Waals surface area (Å²) in [5.41, 5.74) is 1.09. The van der Waals surface area contributed by atoms with Crippen LogP contribution in [0.1, 0.15) is 19.4 Å². The fourth-order valence-corrected chi connectivity index (χ4v) is 2.57. The van der Waals surface area contributed by atoms with Crippen LogP contribution in [0.25, 0.3) is 5.82 Å². The molecule has 3 rings (SSSR count). The molecule has 10 nitrogen and oxygen atoms in total. The van der Waals surface area contributed by atoms with E-state index in [4.69, 9.17) is 9.47 Å². The van der Waals surface area contributed by atoms with Crippen LogP contribution >= 0.6 is 0 Å². The zero-order chi connectivity index (χ0) is 21.3. The van der Waals surface area contributed by atoms with Crippen molar-refractivity contribution < 1.29 is 19.1 Å². The first kappa shape index (κ1) is 20.8. The number of nitrogens with one attached hydrogen (secondary N) is 2. The van der Waals surface area contributed by atoms with Gasteiger partial charge in [-0.2, -0.15) is 5.10 Å². The lowest BCUT2D eigenvalue weighted by Crippen LogP contribution is -2.35. The minimum absolute atomic E-state index is 0.147. The van der Waals surface area contributed by atoms with Gasteiger partial charge in [0.05, 0.1) is 18.9 Å². The van der Waals surface area contributed by atoms with Crippen molar-refractivity contribution in [2.24, 2.45) is 0 Å². The molecule has 30 heavy (non-hydrogen) atoms. The first-order valence-electron chi connectivity index (χ1n) is 9.39. The van der Waals surface area contributed by atoms with E-state index in [1.807, 2.05) is 13.8 Å². The number of nitrogens with zero attached hydrogens (tertiary/aromatic N) is 4. The van der Waals surface area contributed by atoms with E-state index in [0.29, 0.717) is 36.2 Å². The molecule has 0 atom stereocenters. The van der Waals surface area contributed by atoms with Gasteiger partial charge in [-0.3, -0.25) is 9.59 Å². The third-order valence-corrected chi connectivity index (χ3v) is 3.93. The number of carbonyl (C=O) groups is 2. The summed E-state index contributed by atoms with van der Waals surface area (Å²) in [5, 5.41) is 9.13. The Morgan fingerprint density at radius 3 is 2.57 bits per heavy atom. The van der Waals surface area contributed by atoms with E-state index in [2.05, 4.69) is 25.7 Å². The SMILES string of the molecule is CCOc1ccc(OCC)c(NC(=O)C(=O)NCc2ccc(-n3cncn3)nc2)c1. The number of aromatic nitrogens is 4. The zero-order valence-corrected chi connectivity index (χ0v) is 16.7. The van der Waals surface area contributed by atoms with Crippen LogP contribution in [0.15, 0.2) is 49.2 Å². The Morgan fingerprint density at radius 2 is 1.90 bits per heavy atom. The van der Waals surface area contributed by atoms with Crippen LogP contribution in [0.5, 0.6) is 11.5 Å². The number of pyridine rings is 1. The highest BCUT2D eigenvalue weighted by atomic mass is 16.5. The van der Waals surface area contributed by atoms with E-state index in [1.165, 1.54) is 17.3 Å². The van der Waals surface area contributed by atoms with Crippen molar-refractivity contribution in [1.82, 2.24) is 25.1 Å². The molecule has 0 aliphatic rings. The number of hydrogen-bond acceptors (Lipinski definition) is 7. The first-order chi connectivity index (χ1) is 14.6. The molecular weight excluding hydrogens is 388 g/mol. The predicted octanol–water partition coefficient (Wildman–Crippen LogP) is 1.71. The summed E-state index contributed by atoms with van der Waals surface area (Å²) < 4.78 is 12.5. The summed E-state index contributed by atoms with van der Waals surface area (Å²) in [7, 11) is 0. The topological polar surface area (TPSA) is 120 Å². The molecule has 0 unspecified atom stereocenters. The van der Waals surface area contributed by atoms with Crippen LogP contribution in [0.3, 0.4) is 0 Å². The van der Waals surface area contributed by atoms with Crippen LogP contribution in [0, 0.1) is 0 Å². The van der Waals surface area contributed by atoms with Crippen molar-refractivity contribution in [3.8, 4) is 17.3 Å². The second-order valence-corrected chi connectivity index (χ2v) is 6.03. The number of carbonyl (C=O) groups excluding carboxylic acids is 2. The predicted molar refractivity (Wildman–Crippen MR) is 108 cm³/mol. The summed E-state index contributed by atoms with van der Waals surface area (Å²) in [6, 6.07) is 8.56. The van der Waals surface area contributed by atoms with Gasteiger partial charge in [-0.15, -0.1) is 0 Å². The molecule has 1 aromatic carbocycles. The molecule has 0 radical (unpaired) electrons. The lowest BCUT2D eigenvalue weighted by Gasteiger charge is -2.13. The highest BCUT2D eigenvalue weighted by Crippen LogP contribution is 2.29. The number of anilines is 1. The normalized spacial score (nSPS) is 10.3. The van der Waals surface area contributed by atoms with Gasteiger partial charge in [0.25, 0.3) is 0 Å². The maximum absolute atomic E-state index is 12.3. The quantitative estimate of drug-likeness (QED) is 0.543. The van der Waals surface area contributed by atoms with Crippen LogP contribution in [-0.2, 0) is 16.1 Å². The average Bonchev–Trinajstić information content (AvgIpc) is 3.29. The van der Waals surface area contributed by atoms with Crippen LogP contribution < -0.4 is 20.1 Å². The van der Waals surface area contributed by atoms with Crippen LogP contribution in [0.4, 0.5) is 5.69 Å². The van der Waals surface area contributed by atoms with E-state index in [9.17, 15) is 9.59 Å². The molecule has 156 valence electrons. The molecule has 0 aliphatic heterocycles. The highest BCUT2D eigenvalue weighted by molar-refractivity contribution is 6.39. The number of ether oxygens (including phenoxy) is 2. The number of hydrogen-bond donors (Lipinski definition) is 2. The van der Waals surface area contributed by atoms with Gasteiger partial charge >= 0.3 is 11.8 Å². The fourth-order valence-electron chi connectivity index (χ4n) is 2.57. The van der Waals surface area contributed by atoms with E-state index in [0.717, 1.165) is 5.56 Å². The summed E-state index contributed by atoms with van der Waals surface area (Å²) in [6.07, 6.45) is 4.54. The molecule has 3 aromatic rings. The number of benzene rings is 1. The van der Waals surface area contributed by atoms with Gasteiger partial charge in [-0.25, -0.2) is 14.6 Å². The summed E-state index contributed by atoms with van der Waals surface area (Å²) in [5.74, 6) is 0.0274. The Bertz CT molecular complexity index is 989. The molecule has 10 heteroatoms. The molecular formula is C20H22N6O4. The zero-order valence-electron chi connectivity index (χ0n) is 16.7.